The maximum Gasteiger partial charge on any atom is 0.439 e. The molecule has 0 bridgehead atoms. The van der Waals surface area contributed by atoms with Gasteiger partial charge >= 0.3 is 5.76 Å². The first-order chi connectivity index (χ1) is 8.68. The lowest BCUT2D eigenvalue weighted by atomic mass is 10.1. The number of carbonyl (C=O) groups is 2. The smallest absolute Gasteiger partial charge is 0.406 e. The fourth-order valence-electron chi connectivity index (χ4n) is 2.11. The van der Waals surface area contributed by atoms with Crippen molar-refractivity contribution in [3.8, 4) is 0 Å². The first-order valence-corrected chi connectivity index (χ1v) is 5.65. The van der Waals surface area contributed by atoms with Gasteiger partial charge in [-0.2, -0.15) is 9.69 Å². The zero-order valence-electron chi connectivity index (χ0n) is 9.46. The molecule has 0 radical (unpaired) electrons. The highest BCUT2D eigenvalue weighted by Gasteiger charge is 2.30. The molecule has 1 saturated heterocycles. The van der Waals surface area contributed by atoms with Gasteiger partial charge < -0.3 is 4.42 Å². The number of imide groups is 1. The Morgan fingerprint density at radius 1 is 1.00 bits per heavy atom. The molecule has 0 atom stereocenters. The van der Waals surface area contributed by atoms with Crippen LogP contribution in [0, 0.1) is 0 Å². The Hall–Kier alpha value is -2.37. The van der Waals surface area contributed by atoms with Crippen LogP contribution in [0.15, 0.2) is 33.5 Å². The molecule has 1 fully saturated rings. The van der Waals surface area contributed by atoms with Crippen LogP contribution in [-0.2, 0) is 9.59 Å². The number of aromatic nitrogens is 1. The SMILES string of the molecule is O=C1CCCC(=O)N1n1c(=O)oc2ccccc21. The molecule has 1 aliphatic heterocycles. The summed E-state index contributed by atoms with van der Waals surface area (Å²) < 4.78 is 6.02. The summed E-state index contributed by atoms with van der Waals surface area (Å²) in [4.78, 5) is 35.4. The molecule has 3 rings (SSSR count). The van der Waals surface area contributed by atoms with E-state index in [4.69, 9.17) is 4.42 Å². The number of oxazole rings is 1. The van der Waals surface area contributed by atoms with E-state index in [1.807, 2.05) is 0 Å². The highest BCUT2D eigenvalue weighted by atomic mass is 16.4. The summed E-state index contributed by atoms with van der Waals surface area (Å²) in [5.41, 5.74) is 0.778. The summed E-state index contributed by atoms with van der Waals surface area (Å²) in [5, 5.41) is 0.887. The molecule has 18 heavy (non-hydrogen) atoms. The van der Waals surface area contributed by atoms with Crippen LogP contribution in [0.25, 0.3) is 11.1 Å². The van der Waals surface area contributed by atoms with E-state index in [1.54, 1.807) is 24.3 Å². The Kier molecular flexibility index (Phi) is 2.29. The van der Waals surface area contributed by atoms with E-state index in [9.17, 15) is 14.4 Å². The molecule has 6 heteroatoms. The molecule has 1 aliphatic rings. The minimum Gasteiger partial charge on any atom is -0.406 e. The van der Waals surface area contributed by atoms with Crippen LogP contribution in [0.3, 0.4) is 0 Å². The van der Waals surface area contributed by atoms with E-state index in [0.29, 0.717) is 17.5 Å². The highest BCUT2D eigenvalue weighted by Crippen LogP contribution is 2.16. The lowest BCUT2D eigenvalue weighted by molar-refractivity contribution is -0.131. The van der Waals surface area contributed by atoms with Crippen LogP contribution < -0.4 is 10.8 Å². The zero-order chi connectivity index (χ0) is 12.7. The van der Waals surface area contributed by atoms with Crippen molar-refractivity contribution in [3.63, 3.8) is 0 Å². The van der Waals surface area contributed by atoms with Gasteiger partial charge in [-0.3, -0.25) is 9.59 Å². The van der Waals surface area contributed by atoms with E-state index in [1.165, 1.54) is 0 Å². The third-order valence-electron chi connectivity index (χ3n) is 2.92. The Bertz CT molecular complexity index is 681. The van der Waals surface area contributed by atoms with E-state index in [2.05, 4.69) is 0 Å². The third-order valence-corrected chi connectivity index (χ3v) is 2.92. The molecule has 0 spiro atoms. The second-order valence-corrected chi connectivity index (χ2v) is 4.10. The molecule has 1 aromatic carbocycles. The van der Waals surface area contributed by atoms with Crippen LogP contribution in [0.1, 0.15) is 19.3 Å². The molecule has 1 aromatic heterocycles. The number of carbonyl (C=O) groups excluding carboxylic acids is 2. The van der Waals surface area contributed by atoms with Crippen molar-refractivity contribution >= 4 is 22.9 Å². The van der Waals surface area contributed by atoms with Gasteiger partial charge in [0.15, 0.2) is 5.58 Å². The molecule has 0 aliphatic carbocycles. The van der Waals surface area contributed by atoms with Crippen LogP contribution in [0.2, 0.25) is 0 Å². The fourth-order valence-corrected chi connectivity index (χ4v) is 2.11. The second kappa shape index (κ2) is 3.83. The minimum atomic E-state index is -0.722. The van der Waals surface area contributed by atoms with E-state index < -0.39 is 5.76 Å². The Morgan fingerprint density at radius 3 is 2.39 bits per heavy atom. The fraction of sp³-hybridized carbons (Fsp3) is 0.250. The Balaban J connectivity index is 2.24. The molecule has 0 saturated carbocycles. The van der Waals surface area contributed by atoms with Gasteiger partial charge in [0, 0.05) is 12.8 Å². The maximum absolute atomic E-state index is 11.8. The van der Waals surface area contributed by atoms with Gasteiger partial charge in [0.2, 0.25) is 11.8 Å². The van der Waals surface area contributed by atoms with Gasteiger partial charge in [-0.25, -0.2) is 4.79 Å². The van der Waals surface area contributed by atoms with Crippen molar-refractivity contribution in [2.75, 3.05) is 5.01 Å². The van der Waals surface area contributed by atoms with Crippen LogP contribution in [0.5, 0.6) is 0 Å². The van der Waals surface area contributed by atoms with Gasteiger partial charge in [-0.05, 0) is 18.6 Å². The minimum absolute atomic E-state index is 0.262. The molecular formula is C12H10N2O4. The van der Waals surface area contributed by atoms with Crippen molar-refractivity contribution in [3.05, 3.63) is 34.8 Å². The number of fused-ring (bicyclic) bond motifs is 1. The largest absolute Gasteiger partial charge is 0.439 e. The average Bonchev–Trinajstić information content (AvgIpc) is 2.66. The van der Waals surface area contributed by atoms with Gasteiger partial charge in [0.25, 0.3) is 0 Å². The van der Waals surface area contributed by atoms with Crippen LogP contribution in [-0.4, -0.2) is 16.5 Å². The van der Waals surface area contributed by atoms with Crippen molar-refractivity contribution in [2.45, 2.75) is 19.3 Å². The highest BCUT2D eigenvalue weighted by molar-refractivity contribution is 6.10. The summed E-state index contributed by atoms with van der Waals surface area (Å²) in [6.45, 7) is 0. The van der Waals surface area contributed by atoms with Crippen molar-refractivity contribution < 1.29 is 14.0 Å². The first-order valence-electron chi connectivity index (χ1n) is 5.65. The molecule has 92 valence electrons. The number of benzene rings is 1. The molecule has 0 unspecified atom stereocenters. The predicted octanol–water partition coefficient (Wildman–Crippen LogP) is 0.770. The summed E-state index contributed by atoms with van der Waals surface area (Å²) in [6.07, 6.45) is 1.05. The third kappa shape index (κ3) is 1.46. The summed E-state index contributed by atoms with van der Waals surface area (Å²) in [5.74, 6) is -1.47. The number of rotatable bonds is 1. The van der Waals surface area contributed by atoms with Crippen LogP contribution >= 0.6 is 0 Å². The predicted molar refractivity (Wildman–Crippen MR) is 62.6 cm³/mol. The average molecular weight is 246 g/mol. The standard InChI is InChI=1S/C12H10N2O4/c15-10-6-3-7-11(16)14(10)13-8-4-1-2-5-9(8)18-12(13)17/h1-2,4-5H,3,6-7H2. The monoisotopic (exact) mass is 246 g/mol. The molecule has 2 aromatic rings. The number of hydrogen-bond donors (Lipinski definition) is 0. The van der Waals surface area contributed by atoms with Gasteiger partial charge in [-0.1, -0.05) is 12.1 Å². The van der Waals surface area contributed by atoms with Crippen LogP contribution in [0.4, 0.5) is 0 Å². The Labute approximate surface area is 101 Å². The number of piperidine rings is 1. The molecular weight excluding hydrogens is 236 g/mol. The lowest BCUT2D eigenvalue weighted by Gasteiger charge is -2.24. The molecule has 2 amide bonds. The topological polar surface area (TPSA) is 72.5 Å². The van der Waals surface area contributed by atoms with Gasteiger partial charge in [0.1, 0.15) is 5.52 Å². The molecule has 2 heterocycles. The summed E-state index contributed by atoms with van der Waals surface area (Å²) in [6, 6.07) is 6.68. The van der Waals surface area contributed by atoms with E-state index in [-0.39, 0.29) is 24.7 Å². The van der Waals surface area contributed by atoms with Crippen molar-refractivity contribution in [1.29, 1.82) is 0 Å². The van der Waals surface area contributed by atoms with Gasteiger partial charge in [0.05, 0.1) is 0 Å². The van der Waals surface area contributed by atoms with E-state index in [0.717, 1.165) is 9.69 Å². The number of hydrogen-bond acceptors (Lipinski definition) is 4. The van der Waals surface area contributed by atoms with E-state index >= 15 is 0 Å². The number of nitrogens with zero attached hydrogens (tertiary/aromatic N) is 2. The number of para-hydroxylation sites is 2. The van der Waals surface area contributed by atoms with Crippen molar-refractivity contribution in [2.24, 2.45) is 0 Å². The molecule has 6 nitrogen and oxygen atoms in total. The normalized spacial score (nSPS) is 16.6. The number of amides is 2. The summed E-state index contributed by atoms with van der Waals surface area (Å²) >= 11 is 0. The zero-order valence-corrected chi connectivity index (χ0v) is 9.46. The molecule has 0 N–H and O–H groups in total. The summed E-state index contributed by atoms with van der Waals surface area (Å²) in [7, 11) is 0. The van der Waals surface area contributed by atoms with Gasteiger partial charge in [-0.15, -0.1) is 0 Å². The Morgan fingerprint density at radius 2 is 1.67 bits per heavy atom. The second-order valence-electron chi connectivity index (χ2n) is 4.10. The maximum atomic E-state index is 11.8. The quantitative estimate of drug-likeness (QED) is 0.697. The first kappa shape index (κ1) is 10.8. The van der Waals surface area contributed by atoms with Crippen molar-refractivity contribution in [1.82, 2.24) is 4.68 Å². The lowest BCUT2D eigenvalue weighted by Crippen LogP contribution is -2.51.